The average Bonchev–Trinajstić information content (AvgIpc) is 2.50. The van der Waals surface area contributed by atoms with Gasteiger partial charge >= 0.3 is 0 Å². The van der Waals surface area contributed by atoms with E-state index in [0.29, 0.717) is 11.8 Å². The van der Waals surface area contributed by atoms with E-state index in [2.05, 4.69) is 28.2 Å². The van der Waals surface area contributed by atoms with Crippen molar-refractivity contribution >= 4 is 15.9 Å². The van der Waals surface area contributed by atoms with Crippen molar-refractivity contribution in [3.8, 4) is 5.75 Å². The van der Waals surface area contributed by atoms with Crippen LogP contribution in [0.1, 0.15) is 45.4 Å². The molecule has 0 aliphatic heterocycles. The summed E-state index contributed by atoms with van der Waals surface area (Å²) in [6.45, 7) is 3.16. The summed E-state index contributed by atoms with van der Waals surface area (Å²) >= 11 is 3.46. The van der Waals surface area contributed by atoms with Crippen molar-refractivity contribution in [2.45, 2.75) is 57.6 Å². The molecule has 0 bridgehead atoms. The van der Waals surface area contributed by atoms with Crippen LogP contribution >= 0.6 is 15.9 Å². The number of halogens is 2. The zero-order valence-electron chi connectivity index (χ0n) is 12.5. The maximum atomic E-state index is 13.4. The van der Waals surface area contributed by atoms with Crippen LogP contribution in [0.5, 0.6) is 5.75 Å². The molecule has 21 heavy (non-hydrogen) atoms. The highest BCUT2D eigenvalue weighted by Crippen LogP contribution is 2.53. The van der Waals surface area contributed by atoms with Gasteiger partial charge in [-0.2, -0.15) is 0 Å². The van der Waals surface area contributed by atoms with Gasteiger partial charge in [0.15, 0.2) is 0 Å². The van der Waals surface area contributed by atoms with Crippen molar-refractivity contribution in [2.75, 3.05) is 6.54 Å². The Kier molecular flexibility index (Phi) is 4.55. The fraction of sp³-hybridized carbons (Fsp3) is 0.647. The molecule has 2 aliphatic rings. The van der Waals surface area contributed by atoms with Crippen LogP contribution in [0, 0.1) is 11.2 Å². The second-order valence-corrected chi connectivity index (χ2v) is 7.18. The minimum absolute atomic E-state index is 0.208. The van der Waals surface area contributed by atoms with Crippen LogP contribution in [-0.2, 0) is 0 Å². The highest BCUT2D eigenvalue weighted by atomic mass is 79.9. The van der Waals surface area contributed by atoms with Gasteiger partial charge in [-0.3, -0.25) is 0 Å². The summed E-state index contributed by atoms with van der Waals surface area (Å²) in [5.74, 6) is 0.397. The van der Waals surface area contributed by atoms with Crippen LogP contribution in [0.2, 0.25) is 0 Å². The summed E-state index contributed by atoms with van der Waals surface area (Å²) in [6.07, 6.45) is 7.58. The second kappa shape index (κ2) is 6.25. The van der Waals surface area contributed by atoms with Crippen LogP contribution in [0.25, 0.3) is 0 Å². The molecule has 0 heterocycles. The van der Waals surface area contributed by atoms with Crippen LogP contribution < -0.4 is 10.1 Å². The molecule has 1 spiro atoms. The third-order valence-electron chi connectivity index (χ3n) is 5.18. The predicted octanol–water partition coefficient (Wildman–Crippen LogP) is 4.67. The maximum absolute atomic E-state index is 13.4. The lowest BCUT2D eigenvalue weighted by molar-refractivity contribution is -0.103. The summed E-state index contributed by atoms with van der Waals surface area (Å²) in [5, 5.41) is 3.62. The van der Waals surface area contributed by atoms with Crippen molar-refractivity contribution < 1.29 is 9.13 Å². The molecular formula is C17H23BrFNO. The first-order chi connectivity index (χ1) is 10.2. The van der Waals surface area contributed by atoms with Gasteiger partial charge in [-0.1, -0.05) is 26.2 Å². The number of nitrogens with one attached hydrogen (secondary N) is 1. The number of hydrogen-bond donors (Lipinski definition) is 1. The molecule has 116 valence electrons. The van der Waals surface area contributed by atoms with Gasteiger partial charge in [0, 0.05) is 23.9 Å². The Morgan fingerprint density at radius 2 is 2.10 bits per heavy atom. The Bertz CT molecular complexity index is 502. The van der Waals surface area contributed by atoms with E-state index in [1.807, 2.05) is 0 Å². The molecule has 4 heteroatoms. The second-order valence-electron chi connectivity index (χ2n) is 6.32. The van der Waals surface area contributed by atoms with Gasteiger partial charge in [-0.25, -0.2) is 4.39 Å². The molecule has 1 aromatic rings. The molecule has 0 aromatic heterocycles. The molecule has 2 fully saturated rings. The van der Waals surface area contributed by atoms with Gasteiger partial charge in [0.2, 0.25) is 0 Å². The van der Waals surface area contributed by atoms with E-state index in [-0.39, 0.29) is 17.3 Å². The Hall–Kier alpha value is -0.610. The minimum Gasteiger partial charge on any atom is -0.488 e. The van der Waals surface area contributed by atoms with Crippen molar-refractivity contribution in [1.29, 1.82) is 0 Å². The van der Waals surface area contributed by atoms with Gasteiger partial charge in [0.25, 0.3) is 0 Å². The lowest BCUT2D eigenvalue weighted by Gasteiger charge is -2.57. The third kappa shape index (κ3) is 2.85. The zero-order chi connectivity index (χ0) is 14.9. The zero-order valence-corrected chi connectivity index (χ0v) is 14.1. The van der Waals surface area contributed by atoms with Gasteiger partial charge in [0.1, 0.15) is 17.7 Å². The largest absolute Gasteiger partial charge is 0.488 e. The molecular weight excluding hydrogens is 333 g/mol. The van der Waals surface area contributed by atoms with Crippen molar-refractivity contribution in [3.05, 3.63) is 28.5 Å². The number of rotatable bonds is 4. The number of hydrogen-bond acceptors (Lipinski definition) is 2. The molecule has 2 unspecified atom stereocenters. The van der Waals surface area contributed by atoms with Crippen LogP contribution in [0.15, 0.2) is 22.7 Å². The summed E-state index contributed by atoms with van der Waals surface area (Å²) in [7, 11) is 0. The summed E-state index contributed by atoms with van der Waals surface area (Å²) in [6, 6.07) is 5.22. The fourth-order valence-electron chi connectivity index (χ4n) is 4.05. The summed E-state index contributed by atoms with van der Waals surface area (Å²) < 4.78 is 20.5. The fourth-order valence-corrected chi connectivity index (χ4v) is 4.39. The topological polar surface area (TPSA) is 21.3 Å². The molecule has 2 atom stereocenters. The Labute approximate surface area is 134 Å². The first-order valence-electron chi connectivity index (χ1n) is 8.01. The summed E-state index contributed by atoms with van der Waals surface area (Å²) in [5.41, 5.74) is 0.250. The van der Waals surface area contributed by atoms with Crippen LogP contribution in [0.4, 0.5) is 4.39 Å². The first kappa shape index (κ1) is 15.3. The van der Waals surface area contributed by atoms with E-state index in [1.165, 1.54) is 44.2 Å². The van der Waals surface area contributed by atoms with E-state index in [0.717, 1.165) is 17.4 Å². The molecule has 0 amide bonds. The van der Waals surface area contributed by atoms with Crippen LogP contribution in [0.3, 0.4) is 0 Å². The SMILES string of the molecule is CCNC1CC(Oc2cc(F)ccc2Br)C12CCCCC2. The Balaban J connectivity index is 1.77. The van der Waals surface area contributed by atoms with Gasteiger partial charge < -0.3 is 10.1 Å². The molecule has 2 saturated carbocycles. The molecule has 1 aromatic carbocycles. The number of ether oxygens (including phenoxy) is 1. The molecule has 1 N–H and O–H groups in total. The van der Waals surface area contributed by atoms with Gasteiger partial charge in [0.05, 0.1) is 4.47 Å². The molecule has 2 nitrogen and oxygen atoms in total. The minimum atomic E-state index is -0.242. The maximum Gasteiger partial charge on any atom is 0.136 e. The number of benzene rings is 1. The smallest absolute Gasteiger partial charge is 0.136 e. The van der Waals surface area contributed by atoms with E-state index in [4.69, 9.17) is 4.74 Å². The van der Waals surface area contributed by atoms with E-state index < -0.39 is 0 Å². The summed E-state index contributed by atoms with van der Waals surface area (Å²) in [4.78, 5) is 0. The highest BCUT2D eigenvalue weighted by molar-refractivity contribution is 9.10. The normalized spacial score (nSPS) is 27.4. The van der Waals surface area contributed by atoms with Crippen LogP contribution in [-0.4, -0.2) is 18.7 Å². The Morgan fingerprint density at radius 1 is 1.33 bits per heavy atom. The molecule has 0 saturated heterocycles. The van der Waals surface area contributed by atoms with Gasteiger partial charge in [-0.15, -0.1) is 0 Å². The lowest BCUT2D eigenvalue weighted by Crippen LogP contribution is -2.65. The monoisotopic (exact) mass is 355 g/mol. The third-order valence-corrected chi connectivity index (χ3v) is 5.84. The predicted molar refractivity (Wildman–Crippen MR) is 86.1 cm³/mol. The molecule has 0 radical (unpaired) electrons. The van der Waals surface area contributed by atoms with E-state index in [9.17, 15) is 4.39 Å². The van der Waals surface area contributed by atoms with E-state index >= 15 is 0 Å². The quantitative estimate of drug-likeness (QED) is 0.847. The van der Waals surface area contributed by atoms with Gasteiger partial charge in [-0.05, 0) is 47.4 Å². The van der Waals surface area contributed by atoms with Crippen molar-refractivity contribution in [3.63, 3.8) is 0 Å². The van der Waals surface area contributed by atoms with Crippen molar-refractivity contribution in [2.24, 2.45) is 5.41 Å². The van der Waals surface area contributed by atoms with E-state index in [1.54, 1.807) is 6.07 Å². The highest BCUT2D eigenvalue weighted by Gasteiger charge is 2.56. The first-order valence-corrected chi connectivity index (χ1v) is 8.80. The lowest BCUT2D eigenvalue weighted by atomic mass is 9.55. The molecule has 3 rings (SSSR count). The average molecular weight is 356 g/mol. The molecule has 2 aliphatic carbocycles. The van der Waals surface area contributed by atoms with Crippen molar-refractivity contribution in [1.82, 2.24) is 5.32 Å². The Morgan fingerprint density at radius 3 is 2.81 bits per heavy atom. The standard InChI is InChI=1S/C17H23BrFNO/c1-2-20-15-11-16(17(15)8-4-3-5-9-17)21-14-10-12(19)6-7-13(14)18/h6-7,10,15-16,20H,2-5,8-9,11H2,1H3.